The van der Waals surface area contributed by atoms with Gasteiger partial charge in [-0.25, -0.2) is 4.68 Å². The van der Waals surface area contributed by atoms with E-state index >= 15 is 0 Å². The van der Waals surface area contributed by atoms with Crippen molar-refractivity contribution in [2.45, 2.75) is 20.3 Å². The van der Waals surface area contributed by atoms with Crippen molar-refractivity contribution in [1.82, 2.24) is 24.7 Å². The molecule has 18 heavy (non-hydrogen) atoms. The van der Waals surface area contributed by atoms with Crippen molar-refractivity contribution < 1.29 is 0 Å². The first-order valence-corrected chi connectivity index (χ1v) is 5.90. The molecule has 0 spiro atoms. The van der Waals surface area contributed by atoms with Crippen molar-refractivity contribution in [1.29, 1.82) is 0 Å². The van der Waals surface area contributed by atoms with E-state index in [1.807, 2.05) is 0 Å². The van der Waals surface area contributed by atoms with Gasteiger partial charge in [0.15, 0.2) is 0 Å². The topological polar surface area (TPSA) is 94.5 Å². The second-order valence-electron chi connectivity index (χ2n) is 4.38. The van der Waals surface area contributed by atoms with E-state index in [2.05, 4.69) is 39.2 Å². The zero-order valence-corrected chi connectivity index (χ0v) is 10.5. The van der Waals surface area contributed by atoms with Crippen molar-refractivity contribution >= 4 is 11.9 Å². The van der Waals surface area contributed by atoms with Crippen LogP contribution in [0.15, 0.2) is 18.5 Å². The van der Waals surface area contributed by atoms with Crippen molar-refractivity contribution in [2.24, 2.45) is 5.92 Å². The lowest BCUT2D eigenvalue weighted by molar-refractivity contribution is 0.605. The van der Waals surface area contributed by atoms with Crippen molar-refractivity contribution in [3.05, 3.63) is 18.5 Å². The van der Waals surface area contributed by atoms with Crippen molar-refractivity contribution in [3.8, 4) is 5.95 Å². The first kappa shape index (κ1) is 12.3. The Hall–Kier alpha value is -2.18. The lowest BCUT2D eigenvalue weighted by Gasteiger charge is -2.08. The highest BCUT2D eigenvalue weighted by atomic mass is 15.4. The molecule has 3 N–H and O–H groups in total. The van der Waals surface area contributed by atoms with Gasteiger partial charge >= 0.3 is 0 Å². The lowest BCUT2D eigenvalue weighted by Crippen LogP contribution is -2.13. The van der Waals surface area contributed by atoms with Crippen LogP contribution >= 0.6 is 0 Å². The molecule has 0 unspecified atom stereocenters. The van der Waals surface area contributed by atoms with Gasteiger partial charge < -0.3 is 11.1 Å². The highest BCUT2D eigenvalue weighted by molar-refractivity contribution is 5.34. The molecule has 0 saturated heterocycles. The average Bonchev–Trinajstić information content (AvgIpc) is 2.81. The molecule has 0 saturated carbocycles. The number of nitrogens with zero attached hydrogens (tertiary/aromatic N) is 5. The number of nitrogens with two attached hydrogens (primary N) is 1. The van der Waals surface area contributed by atoms with Crippen LogP contribution in [-0.2, 0) is 0 Å². The quantitative estimate of drug-likeness (QED) is 0.821. The zero-order chi connectivity index (χ0) is 13.0. The fraction of sp³-hybridized carbons (Fsp3) is 0.455. The average molecular weight is 247 g/mol. The molecule has 7 nitrogen and oxygen atoms in total. The minimum atomic E-state index is 0.183. The van der Waals surface area contributed by atoms with E-state index in [1.165, 1.54) is 0 Å². The first-order valence-electron chi connectivity index (χ1n) is 5.90. The highest BCUT2D eigenvalue weighted by Gasteiger charge is 2.06. The van der Waals surface area contributed by atoms with Gasteiger partial charge in [-0.1, -0.05) is 13.8 Å². The summed E-state index contributed by atoms with van der Waals surface area (Å²) in [6, 6.07) is 1.80. The molecule has 96 valence electrons. The van der Waals surface area contributed by atoms with Gasteiger partial charge in [0.25, 0.3) is 5.95 Å². The summed E-state index contributed by atoms with van der Waals surface area (Å²) in [6.07, 6.45) is 4.46. The number of hydrogen-bond acceptors (Lipinski definition) is 6. The molecular formula is C11H17N7. The third-order valence-corrected chi connectivity index (χ3v) is 2.36. The van der Waals surface area contributed by atoms with Gasteiger partial charge in [-0.05, 0) is 18.4 Å². The highest BCUT2D eigenvalue weighted by Crippen LogP contribution is 2.07. The third-order valence-electron chi connectivity index (χ3n) is 2.36. The van der Waals surface area contributed by atoms with Gasteiger partial charge in [-0.2, -0.15) is 20.1 Å². The Morgan fingerprint density at radius 3 is 2.83 bits per heavy atom. The Labute approximate surface area is 105 Å². The number of nitrogen functional groups attached to an aromatic ring is 1. The second kappa shape index (κ2) is 5.44. The minimum Gasteiger partial charge on any atom is -0.368 e. The number of aromatic nitrogens is 5. The molecule has 0 aliphatic carbocycles. The maximum Gasteiger partial charge on any atom is 0.257 e. The number of nitrogens with one attached hydrogen (secondary N) is 1. The molecule has 2 heterocycles. The Bertz CT molecular complexity index is 492. The predicted molar refractivity (Wildman–Crippen MR) is 69.3 cm³/mol. The van der Waals surface area contributed by atoms with Crippen molar-refractivity contribution in [3.63, 3.8) is 0 Å². The molecule has 0 aromatic carbocycles. The van der Waals surface area contributed by atoms with Crippen LogP contribution in [0, 0.1) is 5.92 Å². The van der Waals surface area contributed by atoms with Crippen LogP contribution in [0.5, 0.6) is 0 Å². The van der Waals surface area contributed by atoms with E-state index in [0.29, 0.717) is 17.8 Å². The van der Waals surface area contributed by atoms with Crippen LogP contribution in [-0.4, -0.2) is 31.3 Å². The molecule has 2 aromatic rings. The van der Waals surface area contributed by atoms with E-state index in [4.69, 9.17) is 5.73 Å². The molecule has 0 aliphatic rings. The number of anilines is 2. The maximum absolute atomic E-state index is 5.65. The van der Waals surface area contributed by atoms with Crippen molar-refractivity contribution in [2.75, 3.05) is 17.6 Å². The lowest BCUT2D eigenvalue weighted by atomic mass is 10.1. The largest absolute Gasteiger partial charge is 0.368 e. The van der Waals surface area contributed by atoms with E-state index in [1.54, 1.807) is 23.1 Å². The summed E-state index contributed by atoms with van der Waals surface area (Å²) in [6.45, 7) is 5.14. The van der Waals surface area contributed by atoms with Crippen LogP contribution in [0.3, 0.4) is 0 Å². The van der Waals surface area contributed by atoms with E-state index in [0.717, 1.165) is 13.0 Å². The molecular weight excluding hydrogens is 230 g/mol. The monoisotopic (exact) mass is 247 g/mol. The molecule has 0 aliphatic heterocycles. The Balaban J connectivity index is 2.12. The summed E-state index contributed by atoms with van der Waals surface area (Å²) in [5.41, 5.74) is 5.65. The van der Waals surface area contributed by atoms with Gasteiger partial charge in [0, 0.05) is 18.9 Å². The summed E-state index contributed by atoms with van der Waals surface area (Å²) < 4.78 is 1.55. The van der Waals surface area contributed by atoms with Gasteiger partial charge in [-0.3, -0.25) is 0 Å². The van der Waals surface area contributed by atoms with Gasteiger partial charge in [0.1, 0.15) is 0 Å². The second-order valence-corrected chi connectivity index (χ2v) is 4.38. The van der Waals surface area contributed by atoms with E-state index < -0.39 is 0 Å². The first-order chi connectivity index (χ1) is 8.65. The Kier molecular flexibility index (Phi) is 3.71. The molecule has 0 amide bonds. The maximum atomic E-state index is 5.65. The smallest absolute Gasteiger partial charge is 0.257 e. The fourth-order valence-electron chi connectivity index (χ4n) is 1.42. The van der Waals surface area contributed by atoms with Gasteiger partial charge in [-0.15, -0.1) is 0 Å². The Morgan fingerprint density at radius 1 is 1.33 bits per heavy atom. The molecule has 0 atom stereocenters. The molecule has 7 heteroatoms. The van der Waals surface area contributed by atoms with Gasteiger partial charge in [0.2, 0.25) is 11.9 Å². The van der Waals surface area contributed by atoms with E-state index in [9.17, 15) is 0 Å². The van der Waals surface area contributed by atoms with Crippen LogP contribution in [0.25, 0.3) is 5.95 Å². The van der Waals surface area contributed by atoms with Gasteiger partial charge in [0.05, 0.1) is 0 Å². The number of hydrogen-bond donors (Lipinski definition) is 2. The molecule has 0 fully saturated rings. The summed E-state index contributed by atoms with van der Waals surface area (Å²) in [5, 5.41) is 7.19. The van der Waals surface area contributed by atoms with Crippen LogP contribution in [0.1, 0.15) is 20.3 Å². The normalized spacial score (nSPS) is 10.8. The van der Waals surface area contributed by atoms with Crippen LogP contribution in [0.4, 0.5) is 11.9 Å². The minimum absolute atomic E-state index is 0.183. The summed E-state index contributed by atoms with van der Waals surface area (Å²) in [7, 11) is 0. The zero-order valence-electron chi connectivity index (χ0n) is 10.5. The molecule has 2 rings (SSSR count). The molecule has 2 aromatic heterocycles. The molecule has 0 radical (unpaired) electrons. The fourth-order valence-corrected chi connectivity index (χ4v) is 1.42. The van der Waals surface area contributed by atoms with Crippen LogP contribution < -0.4 is 11.1 Å². The Morgan fingerprint density at radius 2 is 2.17 bits per heavy atom. The summed E-state index contributed by atoms with van der Waals surface area (Å²) in [5.74, 6) is 1.71. The summed E-state index contributed by atoms with van der Waals surface area (Å²) >= 11 is 0. The number of rotatable bonds is 5. The predicted octanol–water partition coefficient (Wildman–Crippen LogP) is 1.10. The standard InChI is InChI=1S/C11H17N7/c1-8(2)4-6-13-10-15-9(12)16-11(17-10)18-7-3-5-14-18/h3,5,7-8H,4,6H2,1-2H3,(H3,12,13,15,16,17). The third kappa shape index (κ3) is 3.16. The molecule has 0 bridgehead atoms. The van der Waals surface area contributed by atoms with Crippen LogP contribution in [0.2, 0.25) is 0 Å². The van der Waals surface area contributed by atoms with E-state index in [-0.39, 0.29) is 5.95 Å². The summed E-state index contributed by atoms with van der Waals surface area (Å²) in [4.78, 5) is 12.3. The SMILES string of the molecule is CC(C)CCNc1nc(N)nc(-n2cccn2)n1.